The van der Waals surface area contributed by atoms with Gasteiger partial charge in [0.15, 0.2) is 0 Å². The summed E-state index contributed by atoms with van der Waals surface area (Å²) in [5.41, 5.74) is 12.3. The minimum atomic E-state index is -0.225. The maximum atomic E-state index is 12.1. The van der Waals surface area contributed by atoms with Crippen LogP contribution in [0.15, 0.2) is 48.5 Å². The fraction of sp³-hybridized carbons (Fsp3) is 0.500. The summed E-state index contributed by atoms with van der Waals surface area (Å²) in [6, 6.07) is 17.7. The first kappa shape index (κ1) is 36.4. The number of hydrogen-bond acceptors (Lipinski definition) is 4. The molecule has 4 aromatic carbocycles. The third-order valence-electron chi connectivity index (χ3n) is 13.2. The van der Waals surface area contributed by atoms with E-state index >= 15 is 0 Å². The third kappa shape index (κ3) is 7.20. The van der Waals surface area contributed by atoms with Crippen LogP contribution >= 0.6 is 0 Å². The summed E-state index contributed by atoms with van der Waals surface area (Å²) < 4.78 is 0. The molecule has 4 aromatic rings. The molecule has 3 aliphatic rings. The molecule has 0 bridgehead atoms. The molecule has 0 radical (unpaired) electrons. The first-order valence-corrected chi connectivity index (χ1v) is 20.3. The zero-order chi connectivity index (χ0) is 36.6. The normalized spacial score (nSPS) is 18.5. The first-order valence-electron chi connectivity index (χ1n) is 20.3. The number of aryl methyl sites for hydroxylation is 4. The van der Waals surface area contributed by atoms with Gasteiger partial charge in [-0.3, -0.25) is 0 Å². The Kier molecular flexibility index (Phi) is 10.7. The molecular weight excluding hydrogens is 641 g/mol. The van der Waals surface area contributed by atoms with Crippen molar-refractivity contribution in [3.8, 4) is 23.0 Å². The maximum absolute atomic E-state index is 12.1. The molecule has 0 heterocycles. The standard InChI is InChI=1S/C48H60O4/c1-30-20-34(21-31(2)44(30)49)24-38-26-40(28-42(46(38)51)36-14-8-5-9-15-36)48(18-12-7-13-19-48)41-27-39(25-35-22-32(3)45(50)33(4)23-35)47(52)43(29-41)37-16-10-6-11-17-37/h20-23,26-29,36-37,49-52H,5-19,24-25H2,1-4H3. The van der Waals surface area contributed by atoms with Crippen molar-refractivity contribution in [2.24, 2.45) is 0 Å². The second-order valence-corrected chi connectivity index (χ2v) is 17.0. The minimum absolute atomic E-state index is 0.225. The van der Waals surface area contributed by atoms with Crippen molar-refractivity contribution in [2.45, 2.75) is 154 Å². The lowest BCUT2D eigenvalue weighted by Crippen LogP contribution is -2.31. The van der Waals surface area contributed by atoms with E-state index in [-0.39, 0.29) is 5.41 Å². The smallest absolute Gasteiger partial charge is 0.122 e. The predicted molar refractivity (Wildman–Crippen MR) is 213 cm³/mol. The van der Waals surface area contributed by atoms with Crippen molar-refractivity contribution in [1.82, 2.24) is 0 Å². The zero-order valence-electron chi connectivity index (χ0n) is 32.1. The van der Waals surface area contributed by atoms with Gasteiger partial charge in [0.2, 0.25) is 0 Å². The SMILES string of the molecule is Cc1cc(Cc2cc(C3(c4cc(Cc5cc(C)c(O)c(C)c5)c(O)c(C5CCCCC5)c4)CCCCC3)cc(C3CCCCC3)c2O)cc(C)c1O. The van der Waals surface area contributed by atoms with Crippen molar-refractivity contribution < 1.29 is 20.4 Å². The predicted octanol–water partition coefficient (Wildman–Crippen LogP) is 12.3. The van der Waals surface area contributed by atoms with E-state index in [1.54, 1.807) is 0 Å². The van der Waals surface area contributed by atoms with E-state index in [9.17, 15) is 20.4 Å². The Labute approximate surface area is 312 Å². The van der Waals surface area contributed by atoms with E-state index in [4.69, 9.17) is 0 Å². The van der Waals surface area contributed by atoms with Crippen LogP contribution in [0.1, 0.15) is 175 Å². The van der Waals surface area contributed by atoms with Gasteiger partial charge >= 0.3 is 0 Å². The number of rotatable bonds is 8. The molecule has 0 spiro atoms. The topological polar surface area (TPSA) is 80.9 Å². The Hall–Kier alpha value is -3.92. The Morgan fingerprint density at radius 2 is 0.788 bits per heavy atom. The van der Waals surface area contributed by atoms with Crippen LogP contribution < -0.4 is 0 Å². The third-order valence-corrected chi connectivity index (χ3v) is 13.2. The van der Waals surface area contributed by atoms with Crippen LogP contribution in [0.5, 0.6) is 23.0 Å². The highest BCUT2D eigenvalue weighted by molar-refractivity contribution is 5.57. The van der Waals surface area contributed by atoms with Gasteiger partial charge in [0.25, 0.3) is 0 Å². The summed E-state index contributed by atoms with van der Waals surface area (Å²) in [6.07, 6.45) is 18.6. The number of aromatic hydroxyl groups is 4. The van der Waals surface area contributed by atoms with Crippen molar-refractivity contribution in [1.29, 1.82) is 0 Å². The summed E-state index contributed by atoms with van der Waals surface area (Å²) in [7, 11) is 0. The summed E-state index contributed by atoms with van der Waals surface area (Å²) >= 11 is 0. The highest BCUT2D eigenvalue weighted by Gasteiger charge is 2.39. The van der Waals surface area contributed by atoms with Gasteiger partial charge in [-0.25, -0.2) is 0 Å². The minimum Gasteiger partial charge on any atom is -0.507 e. The van der Waals surface area contributed by atoms with Gasteiger partial charge < -0.3 is 20.4 Å². The number of benzene rings is 4. The van der Waals surface area contributed by atoms with Crippen LogP contribution in [0.25, 0.3) is 0 Å². The molecule has 0 saturated heterocycles. The van der Waals surface area contributed by atoms with E-state index in [1.807, 2.05) is 27.7 Å². The van der Waals surface area contributed by atoms with Gasteiger partial charge in [0, 0.05) is 18.3 Å². The Morgan fingerprint density at radius 1 is 0.442 bits per heavy atom. The Bertz CT molecular complexity index is 1740. The zero-order valence-corrected chi connectivity index (χ0v) is 32.1. The molecule has 7 rings (SSSR count). The van der Waals surface area contributed by atoms with E-state index < -0.39 is 0 Å². The number of phenols is 4. The van der Waals surface area contributed by atoms with Gasteiger partial charge in [0.1, 0.15) is 23.0 Å². The Balaban J connectivity index is 1.41. The summed E-state index contributed by atoms with van der Waals surface area (Å²) in [4.78, 5) is 0. The largest absolute Gasteiger partial charge is 0.507 e. The molecule has 276 valence electrons. The van der Waals surface area contributed by atoms with Crippen LogP contribution in [-0.4, -0.2) is 20.4 Å². The molecule has 52 heavy (non-hydrogen) atoms. The Morgan fingerprint density at radius 3 is 1.15 bits per heavy atom. The number of hydrogen-bond donors (Lipinski definition) is 4. The molecule has 0 aliphatic heterocycles. The molecule has 0 aromatic heterocycles. The van der Waals surface area contributed by atoms with Gasteiger partial charge in [-0.1, -0.05) is 106 Å². The van der Waals surface area contributed by atoms with Crippen LogP contribution in [0.4, 0.5) is 0 Å². The van der Waals surface area contributed by atoms with Crippen LogP contribution in [0.3, 0.4) is 0 Å². The van der Waals surface area contributed by atoms with Gasteiger partial charge in [-0.2, -0.15) is 0 Å². The van der Waals surface area contributed by atoms with E-state index in [0.717, 1.165) is 107 Å². The molecule has 4 heteroatoms. The van der Waals surface area contributed by atoms with Gasteiger partial charge in [-0.05, 0) is 145 Å². The monoisotopic (exact) mass is 700 g/mol. The highest BCUT2D eigenvalue weighted by atomic mass is 16.3. The van der Waals surface area contributed by atoms with E-state index in [2.05, 4.69) is 48.5 Å². The number of phenolic OH excluding ortho intramolecular Hbond substituents is 4. The van der Waals surface area contributed by atoms with E-state index in [0.29, 0.717) is 47.7 Å². The summed E-state index contributed by atoms with van der Waals surface area (Å²) in [5, 5.41) is 45.3. The van der Waals surface area contributed by atoms with Crippen molar-refractivity contribution >= 4 is 0 Å². The quantitative estimate of drug-likeness (QED) is 0.147. The lowest BCUT2D eigenvalue weighted by molar-refractivity contribution is 0.341. The molecule has 3 fully saturated rings. The van der Waals surface area contributed by atoms with Crippen molar-refractivity contribution in [3.63, 3.8) is 0 Å². The molecule has 0 amide bonds. The molecule has 4 N–H and O–H groups in total. The average Bonchev–Trinajstić information content (AvgIpc) is 3.15. The van der Waals surface area contributed by atoms with Crippen molar-refractivity contribution in [2.75, 3.05) is 0 Å². The molecule has 4 nitrogen and oxygen atoms in total. The molecular formula is C48H60O4. The lowest BCUT2D eigenvalue weighted by atomic mass is 9.63. The van der Waals surface area contributed by atoms with Crippen LogP contribution in [-0.2, 0) is 18.3 Å². The second-order valence-electron chi connectivity index (χ2n) is 17.0. The van der Waals surface area contributed by atoms with Crippen molar-refractivity contribution in [3.05, 3.63) is 115 Å². The molecule has 3 aliphatic carbocycles. The second kappa shape index (κ2) is 15.2. The highest BCUT2D eigenvalue weighted by Crippen LogP contribution is 2.51. The fourth-order valence-electron chi connectivity index (χ4n) is 10.3. The molecule has 0 unspecified atom stereocenters. The van der Waals surface area contributed by atoms with Gasteiger partial charge in [-0.15, -0.1) is 0 Å². The fourth-order valence-corrected chi connectivity index (χ4v) is 10.3. The first-order chi connectivity index (χ1) is 25.0. The average molecular weight is 701 g/mol. The van der Waals surface area contributed by atoms with Crippen LogP contribution in [0.2, 0.25) is 0 Å². The summed E-state index contributed by atoms with van der Waals surface area (Å²) in [6.45, 7) is 7.83. The lowest BCUT2D eigenvalue weighted by Gasteiger charge is -2.41. The molecule has 3 saturated carbocycles. The maximum Gasteiger partial charge on any atom is 0.122 e. The van der Waals surface area contributed by atoms with E-state index in [1.165, 1.54) is 56.1 Å². The summed E-state index contributed by atoms with van der Waals surface area (Å²) in [5.74, 6) is 2.31. The molecule has 0 atom stereocenters. The van der Waals surface area contributed by atoms with Crippen LogP contribution in [0, 0.1) is 27.7 Å². The van der Waals surface area contributed by atoms with Gasteiger partial charge in [0.05, 0.1) is 0 Å².